The molecule has 0 atom stereocenters. The lowest BCUT2D eigenvalue weighted by Crippen LogP contribution is -2.20. The molecule has 184 valence electrons. The van der Waals surface area contributed by atoms with Crippen LogP contribution in [0.25, 0.3) is 6.08 Å². The molecule has 0 aliphatic carbocycles. The van der Waals surface area contributed by atoms with Gasteiger partial charge in [-0.15, -0.1) is 0 Å². The molecule has 0 radical (unpaired) electrons. The summed E-state index contributed by atoms with van der Waals surface area (Å²) in [6, 6.07) is 20.4. The van der Waals surface area contributed by atoms with E-state index >= 15 is 0 Å². The number of methoxy groups -OCH3 is 1. The number of hydrogen-bond donors (Lipinski definition) is 2. The van der Waals surface area contributed by atoms with Crippen LogP contribution >= 0.6 is 11.6 Å². The predicted octanol–water partition coefficient (Wildman–Crippen LogP) is 5.31. The van der Waals surface area contributed by atoms with Gasteiger partial charge in [-0.1, -0.05) is 29.8 Å². The van der Waals surface area contributed by atoms with E-state index < -0.39 is 11.8 Å². The van der Waals surface area contributed by atoms with Crippen molar-refractivity contribution in [1.82, 2.24) is 0 Å². The van der Waals surface area contributed by atoms with E-state index in [2.05, 4.69) is 10.6 Å². The summed E-state index contributed by atoms with van der Waals surface area (Å²) in [6.45, 7) is 2.15. The minimum absolute atomic E-state index is 0.0984. The van der Waals surface area contributed by atoms with Gasteiger partial charge in [0.2, 0.25) is 0 Å². The fraction of sp³-hybridized carbons (Fsp3) is 0.148. The summed E-state index contributed by atoms with van der Waals surface area (Å²) in [4.78, 5) is 24.8. The van der Waals surface area contributed by atoms with E-state index in [1.165, 1.54) is 13.2 Å². The Labute approximate surface area is 214 Å². The second-order valence-corrected chi connectivity index (χ2v) is 7.72. The molecule has 0 unspecified atom stereocenters. The van der Waals surface area contributed by atoms with E-state index in [0.717, 1.165) is 0 Å². The van der Waals surface area contributed by atoms with Crippen molar-refractivity contribution in [2.24, 2.45) is 0 Å². The van der Waals surface area contributed by atoms with Crippen LogP contribution in [0.5, 0.6) is 17.2 Å². The van der Waals surface area contributed by atoms with Crippen LogP contribution < -0.4 is 24.8 Å². The first-order chi connectivity index (χ1) is 17.4. The maximum absolute atomic E-state index is 12.6. The number of nitrogens with zero attached hydrogens (tertiary/aromatic N) is 1. The molecule has 0 bridgehead atoms. The Hall–Kier alpha value is -4.48. The number of anilines is 2. The molecule has 0 heterocycles. The average Bonchev–Trinajstić information content (AvgIpc) is 2.88. The van der Waals surface area contributed by atoms with Gasteiger partial charge in [0.05, 0.1) is 24.4 Å². The van der Waals surface area contributed by atoms with Crippen LogP contribution in [-0.2, 0) is 9.59 Å². The summed E-state index contributed by atoms with van der Waals surface area (Å²) in [5.41, 5.74) is 1.45. The van der Waals surface area contributed by atoms with Crippen molar-refractivity contribution >= 4 is 40.9 Å². The SMILES string of the molecule is CCOc1ccc(NC(=O)/C(C#N)=C/c2ccc(OCC(=O)Nc3ccccc3Cl)c(OC)c2)cc1. The number of carbonyl (C=O) groups excluding carboxylic acids is 2. The zero-order valence-corrected chi connectivity index (χ0v) is 20.5. The van der Waals surface area contributed by atoms with Crippen LogP contribution in [0.4, 0.5) is 11.4 Å². The molecule has 9 heteroatoms. The van der Waals surface area contributed by atoms with Gasteiger partial charge in [-0.25, -0.2) is 0 Å². The highest BCUT2D eigenvalue weighted by atomic mass is 35.5. The summed E-state index contributed by atoms with van der Waals surface area (Å²) in [5, 5.41) is 15.3. The van der Waals surface area contributed by atoms with Gasteiger partial charge in [-0.2, -0.15) is 5.26 Å². The lowest BCUT2D eigenvalue weighted by atomic mass is 10.1. The smallest absolute Gasteiger partial charge is 0.266 e. The maximum atomic E-state index is 12.6. The minimum Gasteiger partial charge on any atom is -0.494 e. The summed E-state index contributed by atoms with van der Waals surface area (Å²) < 4.78 is 16.3. The lowest BCUT2D eigenvalue weighted by Gasteiger charge is -2.12. The molecule has 2 amide bonds. The van der Waals surface area contributed by atoms with E-state index in [4.69, 9.17) is 25.8 Å². The largest absolute Gasteiger partial charge is 0.494 e. The molecule has 0 aromatic heterocycles. The number of hydrogen-bond acceptors (Lipinski definition) is 6. The highest BCUT2D eigenvalue weighted by Gasteiger charge is 2.13. The molecule has 0 aliphatic heterocycles. The fourth-order valence-electron chi connectivity index (χ4n) is 3.10. The number of rotatable bonds is 10. The van der Waals surface area contributed by atoms with Crippen molar-refractivity contribution in [2.75, 3.05) is 31.0 Å². The summed E-state index contributed by atoms with van der Waals surface area (Å²) >= 11 is 6.05. The van der Waals surface area contributed by atoms with E-state index in [1.807, 2.05) is 13.0 Å². The van der Waals surface area contributed by atoms with Crippen LogP contribution in [0.15, 0.2) is 72.3 Å². The Balaban J connectivity index is 1.66. The van der Waals surface area contributed by atoms with E-state index in [9.17, 15) is 14.9 Å². The Bertz CT molecular complexity index is 1300. The van der Waals surface area contributed by atoms with Gasteiger partial charge in [-0.05, 0) is 67.1 Å². The number of ether oxygens (including phenoxy) is 3. The average molecular weight is 506 g/mol. The van der Waals surface area contributed by atoms with Gasteiger partial charge in [0.25, 0.3) is 11.8 Å². The predicted molar refractivity (Wildman–Crippen MR) is 138 cm³/mol. The van der Waals surface area contributed by atoms with E-state index in [0.29, 0.717) is 45.8 Å². The Morgan fingerprint density at radius 2 is 1.75 bits per heavy atom. The number of para-hydroxylation sites is 1. The second-order valence-electron chi connectivity index (χ2n) is 7.31. The van der Waals surface area contributed by atoms with Gasteiger partial charge >= 0.3 is 0 Å². The monoisotopic (exact) mass is 505 g/mol. The van der Waals surface area contributed by atoms with Crippen LogP contribution in [0.3, 0.4) is 0 Å². The number of nitriles is 1. The lowest BCUT2D eigenvalue weighted by molar-refractivity contribution is -0.118. The Morgan fingerprint density at radius 1 is 1.00 bits per heavy atom. The maximum Gasteiger partial charge on any atom is 0.266 e. The van der Waals surface area contributed by atoms with Crippen LogP contribution in [0.1, 0.15) is 12.5 Å². The first-order valence-electron chi connectivity index (χ1n) is 10.9. The van der Waals surface area contributed by atoms with E-state index in [1.54, 1.807) is 66.7 Å². The van der Waals surface area contributed by atoms with Gasteiger partial charge in [0.1, 0.15) is 17.4 Å². The summed E-state index contributed by atoms with van der Waals surface area (Å²) in [6.07, 6.45) is 1.43. The van der Waals surface area contributed by atoms with Gasteiger partial charge in [0.15, 0.2) is 18.1 Å². The zero-order valence-electron chi connectivity index (χ0n) is 19.7. The second kappa shape index (κ2) is 12.8. The number of benzene rings is 3. The van der Waals surface area contributed by atoms with Crippen molar-refractivity contribution in [3.8, 4) is 23.3 Å². The normalized spacial score (nSPS) is 10.7. The molecule has 0 saturated carbocycles. The Morgan fingerprint density at radius 3 is 2.42 bits per heavy atom. The number of amides is 2. The van der Waals surface area contributed by atoms with Gasteiger partial charge in [-0.3, -0.25) is 9.59 Å². The molecular formula is C27H24ClN3O5. The first kappa shape index (κ1) is 26.1. The first-order valence-corrected chi connectivity index (χ1v) is 11.3. The molecule has 8 nitrogen and oxygen atoms in total. The molecule has 0 aliphatic rings. The van der Waals surface area contributed by atoms with Crippen LogP contribution in [-0.4, -0.2) is 32.1 Å². The number of nitrogens with one attached hydrogen (secondary N) is 2. The summed E-state index contributed by atoms with van der Waals surface area (Å²) in [5.74, 6) is 0.381. The minimum atomic E-state index is -0.558. The third kappa shape index (κ3) is 7.26. The molecule has 0 fully saturated rings. The van der Waals surface area contributed by atoms with Crippen molar-refractivity contribution in [1.29, 1.82) is 5.26 Å². The quantitative estimate of drug-likeness (QED) is 0.285. The standard InChI is InChI=1S/C27H24ClN3O5/c1-3-35-21-11-9-20(10-12-21)30-27(33)19(16-29)14-18-8-13-24(25(15-18)34-2)36-17-26(32)31-23-7-5-4-6-22(23)28/h4-15H,3,17H2,1-2H3,(H,30,33)(H,31,32)/b19-14+. The molecule has 0 spiro atoms. The van der Waals surface area contributed by atoms with Gasteiger partial charge in [0, 0.05) is 5.69 Å². The molecule has 2 N–H and O–H groups in total. The number of halogens is 1. The molecule has 36 heavy (non-hydrogen) atoms. The van der Waals surface area contributed by atoms with E-state index in [-0.39, 0.29) is 12.2 Å². The fourth-order valence-corrected chi connectivity index (χ4v) is 3.28. The van der Waals surface area contributed by atoms with Crippen molar-refractivity contribution < 1.29 is 23.8 Å². The van der Waals surface area contributed by atoms with Crippen molar-refractivity contribution in [3.63, 3.8) is 0 Å². The highest BCUT2D eigenvalue weighted by Crippen LogP contribution is 2.29. The Kier molecular flexibility index (Phi) is 9.32. The third-order valence-electron chi connectivity index (χ3n) is 4.79. The molecule has 3 aromatic rings. The van der Waals surface area contributed by atoms with Crippen molar-refractivity contribution in [3.05, 3.63) is 82.9 Å². The third-order valence-corrected chi connectivity index (χ3v) is 5.12. The van der Waals surface area contributed by atoms with Crippen LogP contribution in [0, 0.1) is 11.3 Å². The number of carbonyl (C=O) groups is 2. The molecule has 3 aromatic carbocycles. The molecule has 3 rings (SSSR count). The topological polar surface area (TPSA) is 110 Å². The molecular weight excluding hydrogens is 482 g/mol. The zero-order chi connectivity index (χ0) is 25.9. The molecule has 0 saturated heterocycles. The summed E-state index contributed by atoms with van der Waals surface area (Å²) in [7, 11) is 1.45. The van der Waals surface area contributed by atoms with Crippen LogP contribution in [0.2, 0.25) is 5.02 Å². The van der Waals surface area contributed by atoms with Crippen molar-refractivity contribution in [2.45, 2.75) is 6.92 Å². The highest BCUT2D eigenvalue weighted by molar-refractivity contribution is 6.33. The van der Waals surface area contributed by atoms with Gasteiger partial charge < -0.3 is 24.8 Å².